The minimum absolute atomic E-state index is 0.165. The van der Waals surface area contributed by atoms with Crippen molar-refractivity contribution >= 4 is 38.4 Å². The first-order chi connectivity index (χ1) is 15.4. The highest BCUT2D eigenvalue weighted by molar-refractivity contribution is 7.86. The Morgan fingerprint density at radius 2 is 1.50 bits per heavy atom. The molecule has 2 amide bonds. The zero-order valence-corrected chi connectivity index (χ0v) is 20.1. The molecule has 0 atom stereocenters. The van der Waals surface area contributed by atoms with Gasteiger partial charge in [0.2, 0.25) is 5.91 Å². The van der Waals surface area contributed by atoms with Crippen LogP contribution in [0.25, 0.3) is 0 Å². The average molecular weight is 484 g/mol. The third-order valence-electron chi connectivity index (χ3n) is 6.59. The molecule has 0 saturated carbocycles. The molecule has 3 heterocycles. The number of amides is 2. The molecular weight excluding hydrogens is 450 g/mol. The van der Waals surface area contributed by atoms with Crippen LogP contribution in [0.1, 0.15) is 59.3 Å². The minimum Gasteiger partial charge on any atom is -0.365 e. The Morgan fingerprint density at radius 3 is 2.16 bits per heavy atom. The summed E-state index contributed by atoms with van der Waals surface area (Å²) in [5, 5.41) is 3.45. The molecule has 1 aromatic rings. The molecule has 0 spiro atoms. The van der Waals surface area contributed by atoms with Crippen molar-refractivity contribution in [1.29, 1.82) is 0 Å². The van der Waals surface area contributed by atoms with Crippen molar-refractivity contribution in [3.63, 3.8) is 0 Å². The predicted molar refractivity (Wildman–Crippen MR) is 125 cm³/mol. The van der Waals surface area contributed by atoms with E-state index >= 15 is 0 Å². The molecule has 1 aliphatic carbocycles. The number of primary amides is 1. The molecular formula is C21H33N5O4S2. The van der Waals surface area contributed by atoms with Gasteiger partial charge in [-0.2, -0.15) is 17.0 Å². The van der Waals surface area contributed by atoms with Crippen molar-refractivity contribution < 1.29 is 18.0 Å². The van der Waals surface area contributed by atoms with Gasteiger partial charge in [0, 0.05) is 44.1 Å². The van der Waals surface area contributed by atoms with Gasteiger partial charge < -0.3 is 11.1 Å². The lowest BCUT2D eigenvalue weighted by Gasteiger charge is -2.36. The number of thiophene rings is 1. The Bertz CT molecular complexity index is 946. The van der Waals surface area contributed by atoms with Crippen LogP contribution in [0.4, 0.5) is 5.00 Å². The van der Waals surface area contributed by atoms with Crippen LogP contribution in [0.2, 0.25) is 0 Å². The Labute approximate surface area is 194 Å². The summed E-state index contributed by atoms with van der Waals surface area (Å²) in [5.41, 5.74) is 7.07. The van der Waals surface area contributed by atoms with Gasteiger partial charge in [-0.15, -0.1) is 11.3 Å². The predicted octanol–water partition coefficient (Wildman–Crippen LogP) is 1.40. The second-order valence-electron chi connectivity index (χ2n) is 8.82. The molecule has 32 heavy (non-hydrogen) atoms. The van der Waals surface area contributed by atoms with Crippen LogP contribution in [-0.2, 0) is 27.8 Å². The van der Waals surface area contributed by atoms with Crippen molar-refractivity contribution in [3.8, 4) is 0 Å². The van der Waals surface area contributed by atoms with Crippen LogP contribution in [0.5, 0.6) is 0 Å². The number of carbonyl (C=O) groups excluding carboxylic acids is 2. The second-order valence-corrected chi connectivity index (χ2v) is 11.9. The lowest BCUT2D eigenvalue weighted by atomic mass is 9.95. The quantitative estimate of drug-likeness (QED) is 0.635. The van der Waals surface area contributed by atoms with Crippen molar-refractivity contribution in [2.45, 2.75) is 51.4 Å². The monoisotopic (exact) mass is 483 g/mol. The van der Waals surface area contributed by atoms with Crippen LogP contribution in [0.3, 0.4) is 0 Å². The fourth-order valence-corrected chi connectivity index (χ4v) is 7.82. The van der Waals surface area contributed by atoms with E-state index in [0.29, 0.717) is 49.8 Å². The summed E-state index contributed by atoms with van der Waals surface area (Å²) >= 11 is 1.46. The van der Waals surface area contributed by atoms with E-state index in [0.717, 1.165) is 61.8 Å². The molecule has 0 unspecified atom stereocenters. The van der Waals surface area contributed by atoms with E-state index in [1.54, 1.807) is 8.61 Å². The van der Waals surface area contributed by atoms with Gasteiger partial charge >= 0.3 is 0 Å². The molecule has 2 fully saturated rings. The molecule has 0 bridgehead atoms. The van der Waals surface area contributed by atoms with Crippen LogP contribution < -0.4 is 11.1 Å². The summed E-state index contributed by atoms with van der Waals surface area (Å²) < 4.78 is 29.1. The number of nitrogens with one attached hydrogen (secondary N) is 1. The topological polar surface area (TPSA) is 116 Å². The summed E-state index contributed by atoms with van der Waals surface area (Å²) in [6, 6.07) is 0. The fourth-order valence-electron chi connectivity index (χ4n) is 4.84. The van der Waals surface area contributed by atoms with E-state index in [1.807, 2.05) is 4.90 Å². The minimum atomic E-state index is -3.44. The van der Waals surface area contributed by atoms with Crippen molar-refractivity contribution in [2.75, 3.05) is 51.1 Å². The maximum absolute atomic E-state index is 13.0. The number of nitrogens with zero attached hydrogens (tertiary/aromatic N) is 3. The molecule has 3 aliphatic rings. The number of carbonyl (C=O) groups is 2. The van der Waals surface area contributed by atoms with Crippen molar-refractivity contribution in [1.82, 2.24) is 13.5 Å². The van der Waals surface area contributed by atoms with E-state index in [4.69, 9.17) is 5.73 Å². The van der Waals surface area contributed by atoms with Crippen molar-refractivity contribution in [2.24, 2.45) is 5.73 Å². The maximum atomic E-state index is 13.0. The summed E-state index contributed by atoms with van der Waals surface area (Å²) in [6.45, 7) is 3.13. The van der Waals surface area contributed by atoms with Crippen molar-refractivity contribution in [3.05, 3.63) is 16.0 Å². The molecule has 1 aromatic heterocycles. The molecule has 2 aliphatic heterocycles. The van der Waals surface area contributed by atoms with E-state index in [9.17, 15) is 18.0 Å². The normalized spacial score (nSPS) is 21.6. The largest absolute Gasteiger partial charge is 0.365 e. The van der Waals surface area contributed by atoms with Crippen LogP contribution in [0, 0.1) is 0 Å². The number of hydrogen-bond acceptors (Lipinski definition) is 6. The zero-order valence-electron chi connectivity index (χ0n) is 18.5. The van der Waals surface area contributed by atoms with Crippen LogP contribution >= 0.6 is 11.3 Å². The molecule has 9 nitrogen and oxygen atoms in total. The highest BCUT2D eigenvalue weighted by atomic mass is 32.2. The first-order valence-corrected chi connectivity index (χ1v) is 13.8. The third kappa shape index (κ3) is 5.17. The van der Waals surface area contributed by atoms with E-state index in [-0.39, 0.29) is 12.5 Å². The SMILES string of the molecule is NC(=O)c1c(NC(=O)CN2CCN(S(=O)(=O)N3CCCCCC3)CC2)sc2c1CCCC2. The summed E-state index contributed by atoms with van der Waals surface area (Å²) in [4.78, 5) is 27.8. The Hall–Kier alpha value is -1.53. The molecule has 178 valence electrons. The van der Waals surface area contributed by atoms with E-state index in [2.05, 4.69) is 5.32 Å². The average Bonchev–Trinajstić information content (AvgIpc) is 2.92. The molecule has 2 saturated heterocycles. The molecule has 4 rings (SSSR count). The van der Waals surface area contributed by atoms with E-state index < -0.39 is 16.1 Å². The van der Waals surface area contributed by atoms with Gasteiger partial charge in [0.25, 0.3) is 16.1 Å². The number of hydrogen-bond donors (Lipinski definition) is 2. The summed E-state index contributed by atoms with van der Waals surface area (Å²) in [5.74, 6) is -0.693. The molecule has 0 aromatic carbocycles. The molecule has 3 N–H and O–H groups in total. The standard InChI is InChI=1S/C21H33N5O4S2/c22-20(28)19-16-7-3-4-8-17(16)31-21(19)23-18(27)15-24-11-13-26(14-12-24)32(29,30)25-9-5-1-2-6-10-25/h1-15H2,(H2,22,28)(H,23,27). The Balaban J connectivity index is 1.32. The number of piperazine rings is 1. The highest BCUT2D eigenvalue weighted by Crippen LogP contribution is 2.37. The van der Waals surface area contributed by atoms with Gasteiger partial charge in [-0.3, -0.25) is 14.5 Å². The Kier molecular flexibility index (Phi) is 7.51. The third-order valence-corrected chi connectivity index (χ3v) is 9.83. The first kappa shape index (κ1) is 23.6. The smallest absolute Gasteiger partial charge is 0.282 e. The fraction of sp³-hybridized carbons (Fsp3) is 0.714. The van der Waals surface area contributed by atoms with Gasteiger partial charge in [0.1, 0.15) is 5.00 Å². The molecule has 0 radical (unpaired) electrons. The Morgan fingerprint density at radius 1 is 0.875 bits per heavy atom. The van der Waals surface area contributed by atoms with Gasteiger partial charge in [-0.1, -0.05) is 12.8 Å². The lowest BCUT2D eigenvalue weighted by Crippen LogP contribution is -2.54. The van der Waals surface area contributed by atoms with Gasteiger partial charge in [0.05, 0.1) is 12.1 Å². The lowest BCUT2D eigenvalue weighted by molar-refractivity contribution is -0.117. The second kappa shape index (κ2) is 10.2. The number of aryl methyl sites for hydroxylation is 1. The first-order valence-electron chi connectivity index (χ1n) is 11.6. The van der Waals surface area contributed by atoms with E-state index in [1.165, 1.54) is 11.3 Å². The van der Waals surface area contributed by atoms with Crippen LogP contribution in [0.15, 0.2) is 0 Å². The highest BCUT2D eigenvalue weighted by Gasteiger charge is 2.33. The summed E-state index contributed by atoms with van der Waals surface area (Å²) in [6.07, 6.45) is 7.86. The van der Waals surface area contributed by atoms with Gasteiger partial charge in [0.15, 0.2) is 0 Å². The number of nitrogens with two attached hydrogens (primary N) is 1. The zero-order chi connectivity index (χ0) is 22.7. The molecule has 11 heteroatoms. The number of fused-ring (bicyclic) bond motifs is 1. The maximum Gasteiger partial charge on any atom is 0.282 e. The summed E-state index contributed by atoms with van der Waals surface area (Å²) in [7, 11) is -3.44. The van der Waals surface area contributed by atoms with Crippen LogP contribution in [-0.4, -0.2) is 79.6 Å². The number of rotatable bonds is 6. The van der Waals surface area contributed by atoms with Gasteiger partial charge in [-0.25, -0.2) is 0 Å². The number of anilines is 1. The van der Waals surface area contributed by atoms with Gasteiger partial charge in [-0.05, 0) is 44.1 Å².